The lowest BCUT2D eigenvalue weighted by molar-refractivity contribution is -0.383. The number of hydrogen-bond donors (Lipinski definition) is 3. The highest BCUT2D eigenvalue weighted by Crippen LogP contribution is 2.27. The second kappa shape index (κ2) is 6.65. The van der Waals surface area contributed by atoms with Gasteiger partial charge in [0.1, 0.15) is 5.69 Å². The third-order valence-electron chi connectivity index (χ3n) is 3.36. The van der Waals surface area contributed by atoms with Crippen molar-refractivity contribution in [2.75, 3.05) is 18.4 Å². The number of rotatable bonds is 5. The second-order valence-electron chi connectivity index (χ2n) is 6.31. The predicted molar refractivity (Wildman–Crippen MR) is 90.0 cm³/mol. The predicted octanol–water partition coefficient (Wildman–Crippen LogP) is 1.41. The van der Waals surface area contributed by atoms with Gasteiger partial charge in [-0.1, -0.05) is 20.8 Å². The molecule has 1 amide bonds. The van der Waals surface area contributed by atoms with Gasteiger partial charge in [0.2, 0.25) is 5.91 Å². The molecule has 0 aliphatic carbocycles. The molecule has 0 aliphatic rings. The maximum absolute atomic E-state index is 11.8. The van der Waals surface area contributed by atoms with Crippen molar-refractivity contribution in [2.45, 2.75) is 20.8 Å². The highest BCUT2D eigenvalue weighted by atomic mass is 16.6. The molecular formula is C15H19N5O4. The number of aromatic nitrogens is 2. The van der Waals surface area contributed by atoms with Crippen molar-refractivity contribution >= 4 is 28.2 Å². The maximum atomic E-state index is 11.8. The van der Waals surface area contributed by atoms with Gasteiger partial charge in [-0.3, -0.25) is 19.7 Å². The van der Waals surface area contributed by atoms with E-state index in [-0.39, 0.29) is 22.7 Å². The molecule has 24 heavy (non-hydrogen) atoms. The molecule has 128 valence electrons. The van der Waals surface area contributed by atoms with E-state index in [9.17, 15) is 19.7 Å². The minimum Gasteiger partial charge on any atom is -0.378 e. The van der Waals surface area contributed by atoms with Gasteiger partial charge in [-0.2, -0.15) is 0 Å². The standard InChI is InChI=1S/C15H19N5O4/c1-15(2,3)14(22)17-5-4-16-11-7-10-9(6-12(11)20(23)24)13(21)19-8-18-10/h6-8,16H,4-5H2,1-3H3,(H,17,22)(H,18,19,21). The van der Waals surface area contributed by atoms with E-state index in [2.05, 4.69) is 20.6 Å². The molecule has 0 unspecified atom stereocenters. The number of nitro groups is 1. The van der Waals surface area contributed by atoms with Crippen molar-refractivity contribution in [3.8, 4) is 0 Å². The van der Waals surface area contributed by atoms with Crippen molar-refractivity contribution in [3.63, 3.8) is 0 Å². The summed E-state index contributed by atoms with van der Waals surface area (Å²) in [5, 5.41) is 17.0. The molecule has 0 radical (unpaired) electrons. The molecule has 0 atom stereocenters. The number of amides is 1. The van der Waals surface area contributed by atoms with Crippen LogP contribution in [0.3, 0.4) is 0 Å². The van der Waals surface area contributed by atoms with Gasteiger partial charge in [0, 0.05) is 24.6 Å². The number of hydrogen-bond acceptors (Lipinski definition) is 6. The summed E-state index contributed by atoms with van der Waals surface area (Å²) in [7, 11) is 0. The van der Waals surface area contributed by atoms with Crippen LogP contribution in [0.2, 0.25) is 0 Å². The highest BCUT2D eigenvalue weighted by Gasteiger charge is 2.21. The van der Waals surface area contributed by atoms with Gasteiger partial charge in [0.25, 0.3) is 11.2 Å². The molecule has 2 rings (SSSR count). The third kappa shape index (κ3) is 3.86. The Hall–Kier alpha value is -2.97. The number of fused-ring (bicyclic) bond motifs is 1. The average molecular weight is 333 g/mol. The van der Waals surface area contributed by atoms with E-state index in [1.165, 1.54) is 18.5 Å². The second-order valence-corrected chi connectivity index (χ2v) is 6.31. The van der Waals surface area contributed by atoms with Crippen LogP contribution in [0.25, 0.3) is 10.9 Å². The Morgan fingerprint density at radius 3 is 2.67 bits per heavy atom. The zero-order valence-corrected chi connectivity index (χ0v) is 13.7. The van der Waals surface area contributed by atoms with Gasteiger partial charge >= 0.3 is 0 Å². The van der Waals surface area contributed by atoms with Gasteiger partial charge in [0.15, 0.2) is 0 Å². The number of nitrogens with one attached hydrogen (secondary N) is 3. The van der Waals surface area contributed by atoms with Gasteiger partial charge in [-0.15, -0.1) is 0 Å². The van der Waals surface area contributed by atoms with Crippen LogP contribution >= 0.6 is 0 Å². The topological polar surface area (TPSA) is 130 Å². The van der Waals surface area contributed by atoms with Gasteiger partial charge in [-0.25, -0.2) is 4.98 Å². The summed E-state index contributed by atoms with van der Waals surface area (Å²) in [6, 6.07) is 2.64. The first-order valence-corrected chi connectivity index (χ1v) is 7.38. The fourth-order valence-corrected chi connectivity index (χ4v) is 2.03. The lowest BCUT2D eigenvalue weighted by Crippen LogP contribution is -2.37. The fraction of sp³-hybridized carbons (Fsp3) is 0.400. The SMILES string of the molecule is CC(C)(C)C(=O)NCCNc1cc2nc[nH]c(=O)c2cc1[N+](=O)[O-]. The van der Waals surface area contributed by atoms with Gasteiger partial charge in [0.05, 0.1) is 22.2 Å². The Morgan fingerprint density at radius 2 is 2.04 bits per heavy atom. The van der Waals surface area contributed by atoms with Crippen LogP contribution in [0.15, 0.2) is 23.3 Å². The minimum absolute atomic E-state index is 0.106. The number of benzene rings is 1. The molecule has 0 saturated carbocycles. The Balaban J connectivity index is 2.16. The molecule has 1 aromatic carbocycles. The molecule has 2 aromatic rings. The van der Waals surface area contributed by atoms with E-state index in [1.54, 1.807) is 20.8 Å². The normalized spacial score (nSPS) is 11.3. The molecular weight excluding hydrogens is 314 g/mol. The van der Waals surface area contributed by atoms with Crippen LogP contribution in [0, 0.1) is 15.5 Å². The van der Waals surface area contributed by atoms with Crippen molar-refractivity contribution in [1.82, 2.24) is 15.3 Å². The molecule has 0 bridgehead atoms. The Bertz CT molecular complexity index is 838. The van der Waals surface area contributed by atoms with Crippen molar-refractivity contribution in [1.29, 1.82) is 0 Å². The van der Waals surface area contributed by atoms with Crippen molar-refractivity contribution in [3.05, 3.63) is 38.9 Å². The first-order valence-electron chi connectivity index (χ1n) is 7.38. The fourth-order valence-electron chi connectivity index (χ4n) is 2.03. The number of H-pyrrole nitrogens is 1. The third-order valence-corrected chi connectivity index (χ3v) is 3.36. The molecule has 0 saturated heterocycles. The van der Waals surface area contributed by atoms with Crippen LogP contribution in [-0.2, 0) is 4.79 Å². The van der Waals surface area contributed by atoms with Gasteiger partial charge < -0.3 is 15.6 Å². The Morgan fingerprint density at radius 1 is 1.33 bits per heavy atom. The first kappa shape index (κ1) is 17.4. The van der Waals surface area contributed by atoms with Gasteiger partial charge in [-0.05, 0) is 6.07 Å². The number of nitrogens with zero attached hydrogens (tertiary/aromatic N) is 2. The van der Waals surface area contributed by atoms with Crippen LogP contribution in [0.1, 0.15) is 20.8 Å². The molecule has 0 aliphatic heterocycles. The van der Waals surface area contributed by atoms with E-state index in [4.69, 9.17) is 0 Å². The van der Waals surface area contributed by atoms with Crippen LogP contribution in [0.5, 0.6) is 0 Å². The Kier molecular flexibility index (Phi) is 4.82. The number of aromatic amines is 1. The van der Waals surface area contributed by atoms with Crippen LogP contribution in [0.4, 0.5) is 11.4 Å². The average Bonchev–Trinajstić information content (AvgIpc) is 2.49. The lowest BCUT2D eigenvalue weighted by Gasteiger charge is -2.17. The largest absolute Gasteiger partial charge is 0.378 e. The summed E-state index contributed by atoms with van der Waals surface area (Å²) in [6.07, 6.45) is 1.24. The van der Waals surface area contributed by atoms with Crippen molar-refractivity contribution in [2.24, 2.45) is 5.41 Å². The summed E-state index contributed by atoms with van der Waals surface area (Å²) in [5.74, 6) is -0.106. The summed E-state index contributed by atoms with van der Waals surface area (Å²) in [4.78, 5) is 40.5. The smallest absolute Gasteiger partial charge is 0.293 e. The number of nitro benzene ring substituents is 1. The van der Waals surface area contributed by atoms with Crippen molar-refractivity contribution < 1.29 is 9.72 Å². The van der Waals surface area contributed by atoms with Crippen LogP contribution in [-0.4, -0.2) is 33.9 Å². The molecule has 1 heterocycles. The summed E-state index contributed by atoms with van der Waals surface area (Å²) >= 11 is 0. The lowest BCUT2D eigenvalue weighted by atomic mass is 9.96. The Labute approximate surface area is 137 Å². The molecule has 9 nitrogen and oxygen atoms in total. The number of carbonyl (C=O) groups excluding carboxylic acids is 1. The van der Waals surface area contributed by atoms with Crippen LogP contribution < -0.4 is 16.2 Å². The molecule has 9 heteroatoms. The minimum atomic E-state index is -0.568. The highest BCUT2D eigenvalue weighted by molar-refractivity contribution is 5.86. The van der Waals surface area contributed by atoms with E-state index < -0.39 is 15.9 Å². The zero-order chi connectivity index (χ0) is 17.9. The summed E-state index contributed by atoms with van der Waals surface area (Å²) in [6.45, 7) is 6.01. The summed E-state index contributed by atoms with van der Waals surface area (Å²) < 4.78 is 0. The van der Waals surface area contributed by atoms with E-state index in [0.717, 1.165) is 0 Å². The first-order chi connectivity index (χ1) is 11.2. The molecule has 3 N–H and O–H groups in total. The summed E-state index contributed by atoms with van der Waals surface area (Å²) in [5.41, 5.74) is -0.559. The van der Waals surface area contributed by atoms with E-state index >= 15 is 0 Å². The molecule has 0 spiro atoms. The van der Waals surface area contributed by atoms with E-state index in [1.807, 2.05) is 0 Å². The zero-order valence-electron chi connectivity index (χ0n) is 13.7. The maximum Gasteiger partial charge on any atom is 0.293 e. The molecule has 1 aromatic heterocycles. The van der Waals surface area contributed by atoms with E-state index in [0.29, 0.717) is 18.6 Å². The molecule has 0 fully saturated rings. The quantitative estimate of drug-likeness (QED) is 0.431. The number of anilines is 1. The number of carbonyl (C=O) groups is 1. The monoisotopic (exact) mass is 333 g/mol.